The lowest BCUT2D eigenvalue weighted by Gasteiger charge is -2.00. The summed E-state index contributed by atoms with van der Waals surface area (Å²) < 4.78 is 5.95. The minimum Gasteiger partial charge on any atom is -0.140 e. The number of rotatable bonds is 18. The Labute approximate surface area is 248 Å². The molecule has 3 heterocycles. The summed E-state index contributed by atoms with van der Waals surface area (Å²) in [7, 11) is 0. The summed E-state index contributed by atoms with van der Waals surface area (Å²) in [6.07, 6.45) is 24.8. The second-order valence-electron chi connectivity index (χ2n) is 11.7. The Bertz CT molecular complexity index is 1340. The molecular formula is C36H48S3. The Kier molecular flexibility index (Phi) is 11.2. The summed E-state index contributed by atoms with van der Waals surface area (Å²) in [5.74, 6) is 0. The van der Waals surface area contributed by atoms with E-state index in [-0.39, 0.29) is 0 Å². The molecule has 5 aromatic rings. The van der Waals surface area contributed by atoms with E-state index in [0.29, 0.717) is 0 Å². The summed E-state index contributed by atoms with van der Waals surface area (Å²) in [5.41, 5.74) is 0. The lowest BCUT2D eigenvalue weighted by molar-refractivity contribution is 0.576. The molecule has 0 aliphatic rings. The lowest BCUT2D eigenvalue weighted by atomic mass is 10.1. The molecule has 0 radical (unpaired) electrons. The summed E-state index contributed by atoms with van der Waals surface area (Å²) in [6, 6.07) is 14.6. The van der Waals surface area contributed by atoms with Gasteiger partial charge in [-0.2, -0.15) is 0 Å². The highest BCUT2D eigenvalue weighted by atomic mass is 32.1. The molecule has 0 bridgehead atoms. The molecule has 0 saturated carbocycles. The molecule has 0 amide bonds. The standard InChI is InChI=1S/C36H48S3/c1-3-5-7-9-11-13-15-17-19-27-25-31-33(37-27)23-21-29-30-22-24-34-32(36(30)39-35(29)31)26-28(38-34)20-18-16-14-12-10-8-6-4-2/h21-26H,3-20H2,1-2H3. The van der Waals surface area contributed by atoms with E-state index in [0.717, 1.165) is 0 Å². The largest absolute Gasteiger partial charge is 0.140 e. The first-order chi connectivity index (χ1) is 19.3. The van der Waals surface area contributed by atoms with Gasteiger partial charge in [0.25, 0.3) is 0 Å². The number of aryl methyl sites for hydroxylation is 2. The minimum absolute atomic E-state index is 1.25. The lowest BCUT2D eigenvalue weighted by Crippen LogP contribution is -1.83. The van der Waals surface area contributed by atoms with Crippen molar-refractivity contribution in [3.63, 3.8) is 0 Å². The zero-order valence-electron chi connectivity index (χ0n) is 24.4. The molecule has 210 valence electrons. The van der Waals surface area contributed by atoms with Crippen LogP contribution < -0.4 is 0 Å². The van der Waals surface area contributed by atoms with Crippen LogP contribution >= 0.6 is 34.0 Å². The van der Waals surface area contributed by atoms with Gasteiger partial charge in [0.1, 0.15) is 0 Å². The van der Waals surface area contributed by atoms with Crippen molar-refractivity contribution < 1.29 is 0 Å². The number of benzene rings is 2. The molecule has 0 atom stereocenters. The average molecular weight is 577 g/mol. The fraction of sp³-hybridized carbons (Fsp3) is 0.556. The molecule has 3 heteroatoms. The number of thiophene rings is 3. The molecule has 5 rings (SSSR count). The summed E-state index contributed by atoms with van der Waals surface area (Å²) in [6.45, 7) is 4.60. The summed E-state index contributed by atoms with van der Waals surface area (Å²) in [5, 5.41) is 5.90. The van der Waals surface area contributed by atoms with Gasteiger partial charge in [0.05, 0.1) is 0 Å². The molecular weight excluding hydrogens is 529 g/mol. The number of hydrogen-bond donors (Lipinski definition) is 0. The van der Waals surface area contributed by atoms with Crippen LogP contribution in [-0.2, 0) is 12.8 Å². The van der Waals surface area contributed by atoms with Gasteiger partial charge in [-0.3, -0.25) is 0 Å². The van der Waals surface area contributed by atoms with Crippen LogP contribution in [0.15, 0.2) is 36.4 Å². The first kappa shape index (κ1) is 29.1. The highest BCUT2D eigenvalue weighted by Gasteiger charge is 2.14. The van der Waals surface area contributed by atoms with Crippen LogP contribution in [-0.4, -0.2) is 0 Å². The smallest absolute Gasteiger partial charge is 0.0442 e. The second-order valence-corrected chi connectivity index (χ2v) is 15.0. The van der Waals surface area contributed by atoms with E-state index in [2.05, 4.69) is 50.2 Å². The van der Waals surface area contributed by atoms with E-state index in [1.165, 1.54) is 156 Å². The maximum absolute atomic E-state index is 2.53. The molecule has 39 heavy (non-hydrogen) atoms. The second kappa shape index (κ2) is 15.0. The quantitative estimate of drug-likeness (QED) is 0.0910. The molecule has 0 saturated heterocycles. The van der Waals surface area contributed by atoms with E-state index in [9.17, 15) is 0 Å². The zero-order chi connectivity index (χ0) is 26.9. The first-order valence-corrected chi connectivity index (χ1v) is 18.5. The Morgan fingerprint density at radius 1 is 0.410 bits per heavy atom. The number of fused-ring (bicyclic) bond motifs is 7. The average Bonchev–Trinajstić information content (AvgIpc) is 3.65. The van der Waals surface area contributed by atoms with Crippen LogP contribution in [0.4, 0.5) is 0 Å². The summed E-state index contributed by atoms with van der Waals surface area (Å²) in [4.78, 5) is 3.16. The van der Waals surface area contributed by atoms with Gasteiger partial charge in [-0.25, -0.2) is 0 Å². The molecule has 0 nitrogen and oxygen atoms in total. The van der Waals surface area contributed by atoms with Crippen LogP contribution in [0.25, 0.3) is 40.3 Å². The normalized spacial score (nSPS) is 12.2. The molecule has 3 aromatic heterocycles. The molecule has 0 N–H and O–H groups in total. The van der Waals surface area contributed by atoms with Gasteiger partial charge in [0, 0.05) is 50.1 Å². The van der Waals surface area contributed by atoms with Crippen LogP contribution in [0.1, 0.15) is 126 Å². The molecule has 0 unspecified atom stereocenters. The number of unbranched alkanes of at least 4 members (excludes halogenated alkanes) is 14. The fourth-order valence-electron chi connectivity index (χ4n) is 6.14. The molecule has 0 spiro atoms. The van der Waals surface area contributed by atoms with Crippen LogP contribution in [0.2, 0.25) is 0 Å². The van der Waals surface area contributed by atoms with Crippen molar-refractivity contribution in [3.05, 3.63) is 46.2 Å². The molecule has 0 aliphatic carbocycles. The predicted molar refractivity (Wildman–Crippen MR) is 183 cm³/mol. The highest BCUT2D eigenvalue weighted by Crippen LogP contribution is 2.45. The van der Waals surface area contributed by atoms with E-state index in [4.69, 9.17) is 0 Å². The van der Waals surface area contributed by atoms with Gasteiger partial charge in [-0.05, 0) is 49.9 Å². The third-order valence-corrected chi connectivity index (χ3v) is 12.1. The van der Waals surface area contributed by atoms with Crippen LogP contribution in [0.5, 0.6) is 0 Å². The van der Waals surface area contributed by atoms with Crippen molar-refractivity contribution in [3.8, 4) is 0 Å². The minimum atomic E-state index is 1.25. The molecule has 0 aliphatic heterocycles. The summed E-state index contributed by atoms with van der Waals surface area (Å²) >= 11 is 6.11. The van der Waals surface area contributed by atoms with Crippen molar-refractivity contribution in [1.82, 2.24) is 0 Å². The maximum Gasteiger partial charge on any atom is 0.0442 e. The van der Waals surface area contributed by atoms with Crippen LogP contribution in [0.3, 0.4) is 0 Å². The topological polar surface area (TPSA) is 0 Å². The van der Waals surface area contributed by atoms with Crippen molar-refractivity contribution in [2.75, 3.05) is 0 Å². The third kappa shape index (κ3) is 7.46. The van der Waals surface area contributed by atoms with Gasteiger partial charge in [-0.15, -0.1) is 34.0 Å². The van der Waals surface area contributed by atoms with E-state index < -0.39 is 0 Å². The maximum atomic E-state index is 2.53. The van der Waals surface area contributed by atoms with Gasteiger partial charge in [-0.1, -0.05) is 116 Å². The van der Waals surface area contributed by atoms with Crippen molar-refractivity contribution in [1.29, 1.82) is 0 Å². The monoisotopic (exact) mass is 576 g/mol. The fourth-order valence-corrected chi connectivity index (χ4v) is 9.83. The van der Waals surface area contributed by atoms with E-state index >= 15 is 0 Å². The van der Waals surface area contributed by atoms with Gasteiger partial charge < -0.3 is 0 Å². The Hall–Kier alpha value is -1.42. The van der Waals surface area contributed by atoms with Crippen molar-refractivity contribution in [2.24, 2.45) is 0 Å². The Morgan fingerprint density at radius 2 is 0.795 bits per heavy atom. The van der Waals surface area contributed by atoms with Crippen molar-refractivity contribution >= 4 is 74.4 Å². The number of hydrogen-bond acceptors (Lipinski definition) is 3. The Balaban J connectivity index is 1.23. The highest BCUT2D eigenvalue weighted by molar-refractivity contribution is 7.29. The van der Waals surface area contributed by atoms with Gasteiger partial charge in [0.2, 0.25) is 0 Å². The SMILES string of the molecule is CCCCCCCCCCc1cc2c(ccc3c4ccc5sc(CCCCCCCCCC)cc5c4sc23)s1. The third-order valence-electron chi connectivity index (χ3n) is 8.45. The van der Waals surface area contributed by atoms with Crippen molar-refractivity contribution in [2.45, 2.75) is 129 Å². The van der Waals surface area contributed by atoms with Crippen LogP contribution in [0, 0.1) is 0 Å². The van der Waals surface area contributed by atoms with Gasteiger partial charge >= 0.3 is 0 Å². The van der Waals surface area contributed by atoms with E-state index in [1.807, 2.05) is 34.0 Å². The molecule has 0 fully saturated rings. The van der Waals surface area contributed by atoms with Gasteiger partial charge in [0.15, 0.2) is 0 Å². The zero-order valence-corrected chi connectivity index (χ0v) is 26.9. The Morgan fingerprint density at radius 3 is 1.21 bits per heavy atom. The predicted octanol–water partition coefficient (Wildman–Crippen LogP) is 13.9. The molecule has 2 aromatic carbocycles. The first-order valence-electron chi connectivity index (χ1n) is 16.1. The van der Waals surface area contributed by atoms with E-state index in [1.54, 1.807) is 9.75 Å².